The van der Waals surface area contributed by atoms with Gasteiger partial charge in [-0.2, -0.15) is 0 Å². The van der Waals surface area contributed by atoms with E-state index in [9.17, 15) is 0 Å². The van der Waals surface area contributed by atoms with Crippen molar-refractivity contribution >= 4 is 22.9 Å². The molecular weight excluding hydrogens is 214 g/mol. The van der Waals surface area contributed by atoms with Gasteiger partial charge in [-0.15, -0.1) is 11.3 Å². The molecule has 3 heteroatoms. The molecule has 0 saturated heterocycles. The Morgan fingerprint density at radius 3 is 3.00 bits per heavy atom. The first-order chi connectivity index (χ1) is 6.83. The molecule has 1 aromatic rings. The summed E-state index contributed by atoms with van der Waals surface area (Å²) in [4.78, 5) is 1.51. The molecule has 0 radical (unpaired) electrons. The van der Waals surface area contributed by atoms with Crippen LogP contribution in [0.5, 0.6) is 0 Å². The number of fused-ring (bicyclic) bond motifs is 1. The van der Waals surface area contributed by atoms with Gasteiger partial charge >= 0.3 is 0 Å². The fourth-order valence-corrected chi connectivity index (χ4v) is 3.63. The molecule has 1 atom stereocenters. The van der Waals surface area contributed by atoms with Crippen LogP contribution in [0.1, 0.15) is 42.2 Å². The highest BCUT2D eigenvalue weighted by Crippen LogP contribution is 2.39. The SMILES string of the molecule is Clc1cc2c(s1)C(NC1CC1)CCC2. The molecule has 1 N–H and O–H groups in total. The van der Waals surface area contributed by atoms with Crippen molar-refractivity contribution in [1.82, 2.24) is 5.32 Å². The molecule has 1 nitrogen and oxygen atoms in total. The highest BCUT2D eigenvalue weighted by atomic mass is 35.5. The maximum absolute atomic E-state index is 6.06. The molecule has 0 aliphatic heterocycles. The smallest absolute Gasteiger partial charge is 0.0934 e. The summed E-state index contributed by atoms with van der Waals surface area (Å²) in [6.45, 7) is 0. The molecule has 1 unspecified atom stereocenters. The quantitative estimate of drug-likeness (QED) is 0.815. The predicted octanol–water partition coefficient (Wildman–Crippen LogP) is 3.53. The molecule has 1 saturated carbocycles. The van der Waals surface area contributed by atoms with Gasteiger partial charge in [-0.05, 0) is 43.7 Å². The lowest BCUT2D eigenvalue weighted by atomic mass is 9.95. The van der Waals surface area contributed by atoms with E-state index in [-0.39, 0.29) is 0 Å². The van der Waals surface area contributed by atoms with Gasteiger partial charge in [0.15, 0.2) is 0 Å². The van der Waals surface area contributed by atoms with Crippen LogP contribution in [0.15, 0.2) is 6.07 Å². The normalized spacial score (nSPS) is 26.2. The number of hydrogen-bond acceptors (Lipinski definition) is 2. The third-order valence-electron chi connectivity index (χ3n) is 3.08. The largest absolute Gasteiger partial charge is 0.306 e. The standard InChI is InChI=1S/C11H14ClNS/c12-10-6-7-2-1-3-9(11(7)14-10)13-8-4-5-8/h6,8-9,13H,1-5H2. The van der Waals surface area contributed by atoms with Crippen molar-refractivity contribution in [1.29, 1.82) is 0 Å². The second-order valence-corrected chi connectivity index (χ2v) is 6.04. The van der Waals surface area contributed by atoms with Gasteiger partial charge in [-0.3, -0.25) is 0 Å². The van der Waals surface area contributed by atoms with E-state index in [0.29, 0.717) is 6.04 Å². The van der Waals surface area contributed by atoms with Gasteiger partial charge in [0.25, 0.3) is 0 Å². The Kier molecular flexibility index (Phi) is 2.31. The molecule has 1 heterocycles. The van der Waals surface area contributed by atoms with Crippen LogP contribution >= 0.6 is 22.9 Å². The van der Waals surface area contributed by atoms with Crippen molar-refractivity contribution in [3.05, 3.63) is 20.8 Å². The van der Waals surface area contributed by atoms with E-state index in [1.807, 2.05) is 0 Å². The van der Waals surface area contributed by atoms with Crippen LogP contribution in [0.4, 0.5) is 0 Å². The first kappa shape index (κ1) is 9.20. The molecule has 0 amide bonds. The Morgan fingerprint density at radius 2 is 2.21 bits per heavy atom. The van der Waals surface area contributed by atoms with Crippen LogP contribution in [0.2, 0.25) is 4.34 Å². The number of aryl methyl sites for hydroxylation is 1. The number of nitrogens with one attached hydrogen (secondary N) is 1. The van der Waals surface area contributed by atoms with Crippen molar-refractivity contribution in [3.63, 3.8) is 0 Å². The van der Waals surface area contributed by atoms with Gasteiger partial charge in [0.1, 0.15) is 0 Å². The van der Waals surface area contributed by atoms with Crippen LogP contribution in [0.3, 0.4) is 0 Å². The molecule has 1 aromatic heterocycles. The van der Waals surface area contributed by atoms with Crippen molar-refractivity contribution in [3.8, 4) is 0 Å². The van der Waals surface area contributed by atoms with Crippen LogP contribution in [0, 0.1) is 0 Å². The van der Waals surface area contributed by atoms with E-state index in [1.165, 1.54) is 42.5 Å². The van der Waals surface area contributed by atoms with Crippen molar-refractivity contribution in [2.24, 2.45) is 0 Å². The summed E-state index contributed by atoms with van der Waals surface area (Å²) in [6.07, 6.45) is 6.56. The van der Waals surface area contributed by atoms with Gasteiger partial charge in [0.2, 0.25) is 0 Å². The number of rotatable bonds is 2. The van der Waals surface area contributed by atoms with Crippen molar-refractivity contribution in [2.45, 2.75) is 44.2 Å². The molecule has 3 rings (SSSR count). The molecule has 14 heavy (non-hydrogen) atoms. The van der Waals surface area contributed by atoms with Crippen LogP contribution < -0.4 is 5.32 Å². The summed E-state index contributed by atoms with van der Waals surface area (Å²) in [7, 11) is 0. The molecule has 2 aliphatic rings. The Labute approximate surface area is 93.5 Å². The Bertz CT molecular complexity index is 343. The van der Waals surface area contributed by atoms with E-state index in [4.69, 9.17) is 11.6 Å². The number of hydrogen-bond donors (Lipinski definition) is 1. The fourth-order valence-electron chi connectivity index (χ4n) is 2.22. The molecule has 76 valence electrons. The van der Waals surface area contributed by atoms with Crippen LogP contribution in [-0.4, -0.2) is 6.04 Å². The minimum Gasteiger partial charge on any atom is -0.306 e. The van der Waals surface area contributed by atoms with E-state index in [2.05, 4.69) is 11.4 Å². The van der Waals surface area contributed by atoms with Crippen LogP contribution in [-0.2, 0) is 6.42 Å². The predicted molar refractivity (Wildman–Crippen MR) is 61.2 cm³/mol. The first-order valence-electron chi connectivity index (χ1n) is 5.37. The van der Waals surface area contributed by atoms with Gasteiger partial charge in [-0.25, -0.2) is 0 Å². The fraction of sp³-hybridized carbons (Fsp3) is 0.636. The molecule has 1 fully saturated rings. The van der Waals surface area contributed by atoms with Gasteiger partial charge in [0, 0.05) is 17.0 Å². The zero-order chi connectivity index (χ0) is 9.54. The van der Waals surface area contributed by atoms with Crippen molar-refractivity contribution < 1.29 is 0 Å². The lowest BCUT2D eigenvalue weighted by Gasteiger charge is -2.23. The zero-order valence-electron chi connectivity index (χ0n) is 8.05. The minimum absolute atomic E-state index is 0.601. The van der Waals surface area contributed by atoms with Gasteiger partial charge < -0.3 is 5.32 Å². The second-order valence-electron chi connectivity index (χ2n) is 4.33. The van der Waals surface area contributed by atoms with E-state index >= 15 is 0 Å². The Balaban J connectivity index is 1.85. The molecule has 0 spiro atoms. The highest BCUT2D eigenvalue weighted by molar-refractivity contribution is 7.16. The monoisotopic (exact) mass is 227 g/mol. The third kappa shape index (κ3) is 1.71. The number of thiophene rings is 1. The minimum atomic E-state index is 0.601. The topological polar surface area (TPSA) is 12.0 Å². The number of halogens is 1. The van der Waals surface area contributed by atoms with E-state index in [0.717, 1.165) is 10.4 Å². The molecule has 0 aromatic carbocycles. The summed E-state index contributed by atoms with van der Waals surface area (Å²) in [5, 5.41) is 3.71. The van der Waals surface area contributed by atoms with Crippen LogP contribution in [0.25, 0.3) is 0 Å². The Morgan fingerprint density at radius 1 is 1.36 bits per heavy atom. The first-order valence-corrected chi connectivity index (χ1v) is 6.56. The van der Waals surface area contributed by atoms with Gasteiger partial charge in [0.05, 0.1) is 4.34 Å². The zero-order valence-corrected chi connectivity index (χ0v) is 9.63. The molecular formula is C11H14ClNS. The van der Waals surface area contributed by atoms with Crippen molar-refractivity contribution in [2.75, 3.05) is 0 Å². The summed E-state index contributed by atoms with van der Waals surface area (Å²) in [6, 6.07) is 3.55. The summed E-state index contributed by atoms with van der Waals surface area (Å²) in [5.74, 6) is 0. The maximum Gasteiger partial charge on any atom is 0.0934 e. The maximum atomic E-state index is 6.06. The summed E-state index contributed by atoms with van der Waals surface area (Å²) >= 11 is 7.83. The molecule has 2 aliphatic carbocycles. The van der Waals surface area contributed by atoms with E-state index < -0.39 is 0 Å². The van der Waals surface area contributed by atoms with E-state index in [1.54, 1.807) is 11.3 Å². The summed E-state index contributed by atoms with van der Waals surface area (Å²) < 4.78 is 0.958. The third-order valence-corrected chi connectivity index (χ3v) is 4.50. The Hall–Kier alpha value is -0.0500. The lowest BCUT2D eigenvalue weighted by molar-refractivity contribution is 0.465. The average Bonchev–Trinajstić information content (AvgIpc) is 2.87. The van der Waals surface area contributed by atoms with Gasteiger partial charge in [-0.1, -0.05) is 11.6 Å². The summed E-state index contributed by atoms with van der Waals surface area (Å²) in [5.41, 5.74) is 1.49. The molecule has 0 bridgehead atoms. The highest BCUT2D eigenvalue weighted by Gasteiger charge is 2.29. The lowest BCUT2D eigenvalue weighted by Crippen LogP contribution is -2.25. The average molecular weight is 228 g/mol. The second kappa shape index (κ2) is 3.51.